The smallest absolute Gasteiger partial charge is 0.293 e. The van der Waals surface area contributed by atoms with E-state index in [9.17, 15) is 28.8 Å². The number of anilines is 4. The van der Waals surface area contributed by atoms with Crippen LogP contribution in [0.15, 0.2) is 53.5 Å². The van der Waals surface area contributed by atoms with E-state index in [2.05, 4.69) is 35.6 Å². The fourth-order valence-corrected chi connectivity index (χ4v) is 8.39. The molecule has 0 spiro atoms. The zero-order valence-electron chi connectivity index (χ0n) is 32.8. The van der Waals surface area contributed by atoms with Crippen molar-refractivity contribution in [1.82, 2.24) is 35.0 Å². The molecule has 0 bridgehead atoms. The molecular formula is C41H45ClN10O7. The largest absolute Gasteiger partial charge is 0.478 e. The molecule has 1 unspecified atom stereocenters. The molecule has 308 valence electrons. The highest BCUT2D eigenvalue weighted by Crippen LogP contribution is 2.32. The minimum Gasteiger partial charge on any atom is -0.478 e. The molecule has 2 aromatic heterocycles. The molecule has 59 heavy (non-hydrogen) atoms. The van der Waals surface area contributed by atoms with Gasteiger partial charge in [0.05, 0.1) is 22.8 Å². The summed E-state index contributed by atoms with van der Waals surface area (Å²) in [5.41, 5.74) is 2.51. The van der Waals surface area contributed by atoms with Crippen molar-refractivity contribution in [2.75, 3.05) is 74.6 Å². The van der Waals surface area contributed by atoms with Crippen molar-refractivity contribution in [1.29, 1.82) is 0 Å². The summed E-state index contributed by atoms with van der Waals surface area (Å²) >= 11 is 6.55. The third kappa shape index (κ3) is 8.16. The first kappa shape index (κ1) is 39.7. The van der Waals surface area contributed by atoms with E-state index in [1.807, 2.05) is 24.3 Å². The predicted octanol–water partition coefficient (Wildman–Crippen LogP) is 2.68. The Hall–Kier alpha value is -6.07. The number of ether oxygens (including phenoxy) is 1. The molecule has 4 aromatic rings. The van der Waals surface area contributed by atoms with Crippen LogP contribution in [0.25, 0.3) is 10.9 Å². The summed E-state index contributed by atoms with van der Waals surface area (Å²) < 4.78 is 6.98. The lowest BCUT2D eigenvalue weighted by Crippen LogP contribution is -2.54. The third-order valence-corrected chi connectivity index (χ3v) is 12.0. The Morgan fingerprint density at radius 1 is 0.915 bits per heavy atom. The van der Waals surface area contributed by atoms with Gasteiger partial charge in [-0.25, -0.2) is 4.98 Å². The number of amides is 5. The molecule has 0 saturated carbocycles. The van der Waals surface area contributed by atoms with Gasteiger partial charge in [-0.15, -0.1) is 0 Å². The molecule has 0 radical (unpaired) electrons. The molecule has 2 aromatic carbocycles. The number of carbonyl (C=O) groups excluding carboxylic acids is 5. The van der Waals surface area contributed by atoms with E-state index in [0.717, 1.165) is 81.0 Å². The Balaban J connectivity index is 0.818. The van der Waals surface area contributed by atoms with Crippen LogP contribution in [0, 0.1) is 5.92 Å². The van der Waals surface area contributed by atoms with Crippen molar-refractivity contribution >= 4 is 75.2 Å². The van der Waals surface area contributed by atoms with Gasteiger partial charge in [-0.1, -0.05) is 11.6 Å². The lowest BCUT2D eigenvalue weighted by molar-refractivity contribution is -0.136. The summed E-state index contributed by atoms with van der Waals surface area (Å²) in [4.78, 5) is 92.2. The van der Waals surface area contributed by atoms with Crippen LogP contribution in [0.1, 0.15) is 52.8 Å². The number of aryl methyl sites for hydroxylation is 1. The van der Waals surface area contributed by atoms with Gasteiger partial charge in [-0.3, -0.25) is 43.9 Å². The zero-order chi connectivity index (χ0) is 41.4. The van der Waals surface area contributed by atoms with Gasteiger partial charge in [0.1, 0.15) is 11.1 Å². The number of likely N-dealkylation sites (N-methyl/N-ethyl adjacent to an activating group) is 1. The van der Waals surface area contributed by atoms with Crippen LogP contribution in [0.2, 0.25) is 5.02 Å². The Morgan fingerprint density at radius 3 is 2.42 bits per heavy atom. The molecule has 3 fully saturated rings. The molecule has 17 nitrogen and oxygen atoms in total. The fourth-order valence-electron chi connectivity index (χ4n) is 8.26. The monoisotopic (exact) mass is 824 g/mol. The maximum Gasteiger partial charge on any atom is 0.293 e. The summed E-state index contributed by atoms with van der Waals surface area (Å²) in [5, 5.41) is 9.12. The molecule has 0 aliphatic carbocycles. The van der Waals surface area contributed by atoms with Gasteiger partial charge in [0.15, 0.2) is 18.2 Å². The van der Waals surface area contributed by atoms with E-state index in [1.54, 1.807) is 31.4 Å². The molecule has 3 saturated heterocycles. The number of carbonyl (C=O) groups is 5. The molecule has 3 N–H and O–H groups in total. The minimum absolute atomic E-state index is 0.0730. The van der Waals surface area contributed by atoms with E-state index >= 15 is 0 Å². The van der Waals surface area contributed by atoms with Crippen LogP contribution in [0.3, 0.4) is 0 Å². The van der Waals surface area contributed by atoms with Crippen molar-refractivity contribution in [3.8, 4) is 5.75 Å². The second-order valence-corrected chi connectivity index (χ2v) is 15.7. The number of piperazine rings is 1. The van der Waals surface area contributed by atoms with Crippen LogP contribution in [-0.4, -0.2) is 119 Å². The number of aromatic nitrogens is 3. The topological polar surface area (TPSA) is 191 Å². The highest BCUT2D eigenvalue weighted by Gasteiger charge is 2.45. The molecule has 8 rings (SSSR count). The summed E-state index contributed by atoms with van der Waals surface area (Å²) in [5.74, 6) is -0.641. The van der Waals surface area contributed by atoms with Crippen molar-refractivity contribution in [2.45, 2.75) is 38.1 Å². The van der Waals surface area contributed by atoms with Gasteiger partial charge in [0.25, 0.3) is 23.3 Å². The number of halogens is 1. The first-order valence-electron chi connectivity index (χ1n) is 19.8. The van der Waals surface area contributed by atoms with Gasteiger partial charge in [-0.05, 0) is 80.6 Å². The minimum atomic E-state index is -0.982. The summed E-state index contributed by atoms with van der Waals surface area (Å²) in [7, 11) is 3.15. The second-order valence-electron chi connectivity index (χ2n) is 15.3. The highest BCUT2D eigenvalue weighted by atomic mass is 35.5. The lowest BCUT2D eigenvalue weighted by atomic mass is 9.93. The van der Waals surface area contributed by atoms with Gasteiger partial charge < -0.3 is 29.7 Å². The van der Waals surface area contributed by atoms with E-state index < -0.39 is 29.7 Å². The average Bonchev–Trinajstić information content (AvgIpc) is 3.49. The van der Waals surface area contributed by atoms with E-state index in [0.29, 0.717) is 39.5 Å². The SMILES string of the molecule is CNC(=O)COc1cc2cc(Nc3nc(N4CCC(CCN5CCN(c6ccc7c(c6)C(=O)N(C6CCC(=O)NC6=O)C7=O)CC5)CC4)ncc3Cl)ccc2n(C)c1=O. The molecule has 4 aliphatic heterocycles. The Kier molecular flexibility index (Phi) is 11.2. The van der Waals surface area contributed by atoms with Crippen molar-refractivity contribution in [2.24, 2.45) is 13.0 Å². The van der Waals surface area contributed by atoms with E-state index in [1.165, 1.54) is 11.6 Å². The van der Waals surface area contributed by atoms with Gasteiger partial charge in [-0.2, -0.15) is 4.98 Å². The summed E-state index contributed by atoms with van der Waals surface area (Å²) in [6.07, 6.45) is 4.92. The molecule has 6 heterocycles. The molecule has 1 atom stereocenters. The Labute approximate surface area is 344 Å². The first-order chi connectivity index (χ1) is 28.5. The fraction of sp³-hybridized carbons (Fsp3) is 0.415. The maximum absolute atomic E-state index is 13.3. The highest BCUT2D eigenvalue weighted by molar-refractivity contribution is 6.33. The molecule has 4 aliphatic rings. The summed E-state index contributed by atoms with van der Waals surface area (Å²) in [6, 6.07) is 11.5. The number of hydrogen-bond donors (Lipinski definition) is 3. The number of piperidine rings is 2. The Morgan fingerprint density at radius 2 is 1.68 bits per heavy atom. The van der Waals surface area contributed by atoms with Gasteiger partial charge in [0.2, 0.25) is 17.8 Å². The number of fused-ring (bicyclic) bond motifs is 2. The van der Waals surface area contributed by atoms with Crippen LogP contribution < -0.4 is 36.0 Å². The van der Waals surface area contributed by atoms with Crippen LogP contribution >= 0.6 is 11.6 Å². The third-order valence-electron chi connectivity index (χ3n) is 11.7. The number of imide groups is 2. The normalized spacial score (nSPS) is 19.0. The number of benzene rings is 2. The number of hydrogen-bond acceptors (Lipinski definition) is 13. The average molecular weight is 825 g/mol. The number of nitrogens with zero attached hydrogens (tertiary/aromatic N) is 7. The quantitative estimate of drug-likeness (QED) is 0.187. The molecule has 18 heteroatoms. The Bertz CT molecular complexity index is 2410. The van der Waals surface area contributed by atoms with Crippen LogP contribution in [0.4, 0.5) is 23.1 Å². The van der Waals surface area contributed by atoms with Gasteiger partial charge >= 0.3 is 0 Å². The second kappa shape index (κ2) is 16.7. The molecule has 5 amide bonds. The maximum atomic E-state index is 13.3. The van der Waals surface area contributed by atoms with Crippen molar-refractivity contribution in [3.63, 3.8) is 0 Å². The zero-order valence-corrected chi connectivity index (χ0v) is 33.6. The molecular weight excluding hydrogens is 780 g/mol. The lowest BCUT2D eigenvalue weighted by Gasteiger charge is -2.37. The van der Waals surface area contributed by atoms with Gasteiger partial charge in [0, 0.05) is 76.5 Å². The van der Waals surface area contributed by atoms with Crippen molar-refractivity contribution in [3.05, 3.63) is 75.2 Å². The van der Waals surface area contributed by atoms with Crippen LogP contribution in [-0.2, 0) is 21.4 Å². The standard InChI is InChI=1S/C41H45ClN10O7/c1-43-35(54)23-59-33-20-25-19-26(3-6-31(25)48(2)40(33)58)45-36-30(42)22-44-41(47-36)51-13-10-24(11-14-51)9-12-49-15-17-50(18-16-49)27-4-5-28-29(21-27)39(57)52(38(28)56)32-7-8-34(53)46-37(32)55/h3-6,19-22,24,32H,7-18,23H2,1-2H3,(H,43,54)(H,44,45,47)(H,46,53,55). The number of pyridine rings is 1. The van der Waals surface area contributed by atoms with Crippen LogP contribution in [0.5, 0.6) is 5.75 Å². The van der Waals surface area contributed by atoms with Crippen molar-refractivity contribution < 1.29 is 28.7 Å². The number of rotatable bonds is 11. The van der Waals surface area contributed by atoms with E-state index in [4.69, 9.17) is 21.3 Å². The first-order valence-corrected chi connectivity index (χ1v) is 20.2. The summed E-state index contributed by atoms with van der Waals surface area (Å²) in [6.45, 7) is 5.69. The predicted molar refractivity (Wildman–Crippen MR) is 220 cm³/mol. The number of nitrogens with one attached hydrogen (secondary N) is 3. The van der Waals surface area contributed by atoms with E-state index in [-0.39, 0.29) is 42.2 Å².